The first-order valence-corrected chi connectivity index (χ1v) is 4.82. The van der Waals surface area contributed by atoms with E-state index < -0.39 is 24.3 Å². The molecule has 1 aliphatic heterocycles. The second-order valence-electron chi connectivity index (χ2n) is 4.30. The van der Waals surface area contributed by atoms with Crippen LogP contribution >= 0.6 is 0 Å². The maximum absolute atomic E-state index is 13.2. The summed E-state index contributed by atoms with van der Waals surface area (Å²) in [6.45, 7) is 1.83. The lowest BCUT2D eigenvalue weighted by atomic mass is 9.81. The Labute approximate surface area is 77.0 Å². The minimum atomic E-state index is -1.07. The molecule has 2 fully saturated rings. The van der Waals surface area contributed by atoms with Crippen LogP contribution in [0.4, 0.5) is 4.39 Å². The Morgan fingerprint density at radius 1 is 1.46 bits per heavy atom. The van der Waals surface area contributed by atoms with Gasteiger partial charge in [0.1, 0.15) is 6.17 Å². The van der Waals surface area contributed by atoms with E-state index in [4.69, 9.17) is 0 Å². The lowest BCUT2D eigenvalue weighted by Gasteiger charge is -2.40. The molecule has 2 aliphatic rings. The normalized spacial score (nSPS) is 44.8. The number of aliphatic hydroxyl groups excluding tert-OH is 2. The maximum Gasteiger partial charge on any atom is 0.104 e. The predicted octanol–water partition coefficient (Wildman–Crippen LogP) is -0.182. The lowest BCUT2D eigenvalue weighted by Crippen LogP contribution is -2.60. The van der Waals surface area contributed by atoms with Crippen LogP contribution in [0.15, 0.2) is 0 Å². The van der Waals surface area contributed by atoms with Gasteiger partial charge in [-0.3, -0.25) is 0 Å². The molecule has 3 N–H and O–H groups in total. The molecule has 4 heteroatoms. The van der Waals surface area contributed by atoms with E-state index in [0.29, 0.717) is 6.54 Å². The smallest absolute Gasteiger partial charge is 0.104 e. The fraction of sp³-hybridized carbons (Fsp3) is 1.00. The van der Waals surface area contributed by atoms with Crippen LogP contribution in [0.3, 0.4) is 0 Å². The van der Waals surface area contributed by atoms with E-state index in [-0.39, 0.29) is 5.54 Å². The maximum atomic E-state index is 13.2. The van der Waals surface area contributed by atoms with Crippen molar-refractivity contribution < 1.29 is 14.6 Å². The molecule has 1 saturated carbocycles. The number of piperidine rings is 1. The van der Waals surface area contributed by atoms with Gasteiger partial charge in [-0.2, -0.15) is 0 Å². The van der Waals surface area contributed by atoms with Gasteiger partial charge in [0.15, 0.2) is 0 Å². The molecule has 1 saturated heterocycles. The Hall–Kier alpha value is -0.190. The topological polar surface area (TPSA) is 52.5 Å². The molecule has 4 unspecified atom stereocenters. The molecular weight excluding hydrogens is 173 g/mol. The van der Waals surface area contributed by atoms with Crippen molar-refractivity contribution in [3.63, 3.8) is 0 Å². The summed E-state index contributed by atoms with van der Waals surface area (Å²) in [7, 11) is 0. The standard InChI is InChI=1S/C9H16FNO2/c1-5(10)7-8(13)6(12)4-11-9(7)2-3-9/h5-8,11-13H,2-4H2,1H3. The first kappa shape index (κ1) is 9.37. The van der Waals surface area contributed by atoms with Crippen molar-refractivity contribution in [1.29, 1.82) is 0 Å². The number of hydrogen-bond acceptors (Lipinski definition) is 3. The second-order valence-corrected chi connectivity index (χ2v) is 4.30. The van der Waals surface area contributed by atoms with Gasteiger partial charge >= 0.3 is 0 Å². The quantitative estimate of drug-likeness (QED) is 0.536. The Morgan fingerprint density at radius 2 is 2.08 bits per heavy atom. The number of nitrogens with one attached hydrogen (secondary N) is 1. The van der Waals surface area contributed by atoms with Crippen LogP contribution < -0.4 is 5.32 Å². The van der Waals surface area contributed by atoms with Crippen molar-refractivity contribution in [1.82, 2.24) is 5.32 Å². The highest BCUT2D eigenvalue weighted by Gasteiger charge is 2.57. The highest BCUT2D eigenvalue weighted by atomic mass is 19.1. The van der Waals surface area contributed by atoms with Gasteiger partial charge in [0.2, 0.25) is 0 Å². The zero-order chi connectivity index (χ0) is 9.64. The molecule has 13 heavy (non-hydrogen) atoms. The molecule has 0 aromatic carbocycles. The summed E-state index contributed by atoms with van der Waals surface area (Å²) in [6, 6.07) is 0. The molecule has 0 amide bonds. The largest absolute Gasteiger partial charge is 0.390 e. The summed E-state index contributed by atoms with van der Waals surface area (Å²) < 4.78 is 13.2. The van der Waals surface area contributed by atoms with Gasteiger partial charge in [-0.1, -0.05) is 0 Å². The second kappa shape index (κ2) is 2.90. The van der Waals surface area contributed by atoms with Crippen molar-refractivity contribution in [2.24, 2.45) is 5.92 Å². The molecule has 1 aliphatic carbocycles. The minimum Gasteiger partial charge on any atom is -0.390 e. The van der Waals surface area contributed by atoms with Gasteiger partial charge < -0.3 is 15.5 Å². The highest BCUT2D eigenvalue weighted by molar-refractivity contribution is 5.14. The van der Waals surface area contributed by atoms with Gasteiger partial charge in [0.05, 0.1) is 12.2 Å². The van der Waals surface area contributed by atoms with Crippen LogP contribution in [0, 0.1) is 5.92 Å². The molecule has 1 spiro atoms. The summed E-state index contributed by atoms with van der Waals surface area (Å²) in [5, 5.41) is 22.2. The molecule has 0 aromatic heterocycles. The van der Waals surface area contributed by atoms with E-state index in [2.05, 4.69) is 5.32 Å². The summed E-state index contributed by atoms with van der Waals surface area (Å²) in [6.07, 6.45) is -0.982. The van der Waals surface area contributed by atoms with Crippen LogP contribution in [0.5, 0.6) is 0 Å². The monoisotopic (exact) mass is 189 g/mol. The van der Waals surface area contributed by atoms with E-state index in [1.54, 1.807) is 0 Å². The Bertz CT molecular complexity index is 206. The first-order chi connectivity index (χ1) is 6.07. The van der Waals surface area contributed by atoms with Crippen LogP contribution in [0.25, 0.3) is 0 Å². The summed E-state index contributed by atoms with van der Waals surface area (Å²) >= 11 is 0. The van der Waals surface area contributed by atoms with Crippen LogP contribution in [-0.2, 0) is 0 Å². The molecule has 0 radical (unpaired) electrons. The molecule has 4 atom stereocenters. The molecular formula is C9H16FNO2. The summed E-state index contributed by atoms with van der Waals surface area (Å²) in [5.41, 5.74) is -0.215. The average molecular weight is 189 g/mol. The summed E-state index contributed by atoms with van der Waals surface area (Å²) in [5.74, 6) is -0.448. The van der Waals surface area contributed by atoms with Gasteiger partial charge in [0.25, 0.3) is 0 Å². The SMILES string of the molecule is CC(F)C1C(O)C(O)CNC12CC2. The van der Waals surface area contributed by atoms with Gasteiger partial charge in [-0.05, 0) is 19.8 Å². The van der Waals surface area contributed by atoms with Crippen molar-refractivity contribution in [3.05, 3.63) is 0 Å². The molecule has 1 heterocycles. The number of halogens is 1. The highest BCUT2D eigenvalue weighted by Crippen LogP contribution is 2.48. The van der Waals surface area contributed by atoms with E-state index in [1.165, 1.54) is 6.92 Å². The lowest BCUT2D eigenvalue weighted by molar-refractivity contribution is -0.0782. The zero-order valence-electron chi connectivity index (χ0n) is 7.70. The average Bonchev–Trinajstić information content (AvgIpc) is 2.79. The number of β-amino-alcohol motifs (C(OH)–C–C–N with tert-alkyl or cyclic N) is 1. The zero-order valence-corrected chi connectivity index (χ0v) is 7.70. The van der Waals surface area contributed by atoms with Crippen molar-refractivity contribution in [3.8, 4) is 0 Å². The van der Waals surface area contributed by atoms with Gasteiger partial charge in [-0.25, -0.2) is 4.39 Å². The fourth-order valence-corrected chi connectivity index (χ4v) is 2.47. The van der Waals surface area contributed by atoms with Crippen LogP contribution in [-0.4, -0.2) is 40.7 Å². The third kappa shape index (κ3) is 1.37. The van der Waals surface area contributed by atoms with Crippen molar-refractivity contribution in [2.45, 2.75) is 43.7 Å². The molecule has 0 bridgehead atoms. The number of alkyl halides is 1. The Balaban J connectivity index is 2.16. The predicted molar refractivity (Wildman–Crippen MR) is 46.0 cm³/mol. The van der Waals surface area contributed by atoms with Crippen molar-refractivity contribution >= 4 is 0 Å². The molecule has 0 aromatic rings. The Kier molecular flexibility index (Phi) is 2.09. The third-order valence-corrected chi connectivity index (χ3v) is 3.35. The minimum absolute atomic E-state index is 0.215. The fourth-order valence-electron chi connectivity index (χ4n) is 2.47. The van der Waals surface area contributed by atoms with Gasteiger partial charge in [-0.15, -0.1) is 0 Å². The van der Waals surface area contributed by atoms with E-state index in [9.17, 15) is 14.6 Å². The molecule has 3 nitrogen and oxygen atoms in total. The number of hydrogen-bond donors (Lipinski definition) is 3. The van der Waals surface area contributed by atoms with Crippen LogP contribution in [0.1, 0.15) is 19.8 Å². The Morgan fingerprint density at radius 3 is 2.54 bits per heavy atom. The van der Waals surface area contributed by atoms with E-state index in [0.717, 1.165) is 12.8 Å². The molecule has 2 rings (SSSR count). The number of rotatable bonds is 1. The van der Waals surface area contributed by atoms with Gasteiger partial charge in [0, 0.05) is 18.0 Å². The van der Waals surface area contributed by atoms with Crippen molar-refractivity contribution in [2.75, 3.05) is 6.54 Å². The summed E-state index contributed by atoms with van der Waals surface area (Å²) in [4.78, 5) is 0. The van der Waals surface area contributed by atoms with E-state index >= 15 is 0 Å². The first-order valence-electron chi connectivity index (χ1n) is 4.82. The number of aliphatic hydroxyl groups is 2. The third-order valence-electron chi connectivity index (χ3n) is 3.35. The van der Waals surface area contributed by atoms with Crippen LogP contribution in [0.2, 0.25) is 0 Å². The molecule has 76 valence electrons. The van der Waals surface area contributed by atoms with E-state index in [1.807, 2.05) is 0 Å².